The molecule has 0 atom stereocenters. The van der Waals surface area contributed by atoms with E-state index in [4.69, 9.17) is 9.84 Å². The van der Waals surface area contributed by atoms with Crippen molar-refractivity contribution in [3.63, 3.8) is 0 Å². The average Bonchev–Trinajstić information content (AvgIpc) is 2.37. The molecule has 2 aromatic carbocycles. The molecule has 0 fully saturated rings. The van der Waals surface area contributed by atoms with Crippen LogP contribution in [0.2, 0.25) is 0 Å². The van der Waals surface area contributed by atoms with Gasteiger partial charge in [-0.05, 0) is 23.8 Å². The molecule has 0 aliphatic rings. The maximum absolute atomic E-state index is 12.8. The monoisotopic (exact) mass is 267 g/mol. The van der Waals surface area contributed by atoms with Crippen LogP contribution in [0.15, 0.2) is 48.5 Å². The Balaban J connectivity index is 2.14. The molecule has 0 bridgehead atoms. The molecule has 0 saturated heterocycles. The molecule has 0 amide bonds. The maximum atomic E-state index is 12.8. The first-order chi connectivity index (χ1) is 8.97. The van der Waals surface area contributed by atoms with Crippen LogP contribution in [0.3, 0.4) is 0 Å². The second-order valence-corrected chi connectivity index (χ2v) is 4.07. The third-order valence-corrected chi connectivity index (χ3v) is 2.60. The van der Waals surface area contributed by atoms with E-state index in [9.17, 15) is 12.9 Å². The van der Waals surface area contributed by atoms with E-state index < -0.39 is 12.4 Å². The van der Waals surface area contributed by atoms with Crippen molar-refractivity contribution in [1.82, 2.24) is 0 Å². The Bertz CT molecular complexity index is 553. The van der Waals surface area contributed by atoms with Crippen LogP contribution in [-0.2, 0) is 6.61 Å². The highest BCUT2D eigenvalue weighted by molar-refractivity contribution is 6.74. The number of hydrogen-bond acceptors (Lipinski definition) is 2. The van der Waals surface area contributed by atoms with Crippen LogP contribution in [-0.4, -0.2) is 12.1 Å². The summed E-state index contributed by atoms with van der Waals surface area (Å²) in [6.07, 6.45) is 0. The number of hydrogen-bond donors (Lipinski definition) is 1. The third-order valence-electron chi connectivity index (χ3n) is 2.60. The van der Waals surface area contributed by atoms with E-state index in [1.54, 1.807) is 12.1 Å². The first-order valence-corrected chi connectivity index (χ1v) is 5.66. The molecule has 2 aromatic rings. The molecule has 2 rings (SSSR count). The van der Waals surface area contributed by atoms with Gasteiger partial charge < -0.3 is 22.8 Å². The molecule has 0 spiro atoms. The minimum absolute atomic E-state index is 0.0173. The number of rotatable bonds is 4. The largest absolute Gasteiger partial charge is 0.513 e. The molecule has 100 valence electrons. The summed E-state index contributed by atoms with van der Waals surface area (Å²) in [7, 11) is 0. The van der Waals surface area contributed by atoms with Gasteiger partial charge in [0.25, 0.3) is 0 Å². The summed E-state index contributed by atoms with van der Waals surface area (Å²) in [5, 5.41) is 9.11. The molecule has 0 heterocycles. The van der Waals surface area contributed by atoms with Crippen molar-refractivity contribution in [3.8, 4) is 11.5 Å². The summed E-state index contributed by atoms with van der Waals surface area (Å²) in [6, 6.07) is 11.2. The first-order valence-electron chi connectivity index (χ1n) is 5.66. The van der Waals surface area contributed by atoms with Gasteiger partial charge in [-0.2, -0.15) is 0 Å². The highest BCUT2D eigenvalue weighted by Crippen LogP contribution is 2.19. The standard InChI is InChI=1S/C13H11BF3O2/c15-14(16,17)12-3-1-2-4-13(12)19-9-10-5-7-11(18)8-6-10/h1-8,18H,9H2/q-1. The van der Waals surface area contributed by atoms with Crippen LogP contribution < -0.4 is 10.2 Å². The topological polar surface area (TPSA) is 29.5 Å². The highest BCUT2D eigenvalue weighted by atomic mass is 19.4. The average molecular weight is 267 g/mol. The Labute approximate surface area is 108 Å². The minimum Gasteiger partial charge on any atom is -0.508 e. The van der Waals surface area contributed by atoms with Crippen molar-refractivity contribution in [2.75, 3.05) is 0 Å². The molecule has 0 aliphatic carbocycles. The summed E-state index contributed by atoms with van der Waals surface area (Å²) in [4.78, 5) is 0. The van der Waals surface area contributed by atoms with Crippen molar-refractivity contribution >= 4 is 12.4 Å². The van der Waals surface area contributed by atoms with Crippen LogP contribution in [0, 0.1) is 0 Å². The summed E-state index contributed by atoms with van der Waals surface area (Å²) in [5.41, 5.74) is -0.0523. The van der Waals surface area contributed by atoms with Crippen molar-refractivity contribution in [2.24, 2.45) is 0 Å². The minimum atomic E-state index is -5.09. The van der Waals surface area contributed by atoms with E-state index in [1.807, 2.05) is 0 Å². The molecule has 0 unspecified atom stereocenters. The van der Waals surface area contributed by atoms with Crippen molar-refractivity contribution in [1.29, 1.82) is 0 Å². The molecule has 0 aromatic heterocycles. The number of aromatic hydroxyl groups is 1. The normalized spacial score (nSPS) is 11.3. The van der Waals surface area contributed by atoms with E-state index in [2.05, 4.69) is 0 Å². The van der Waals surface area contributed by atoms with E-state index in [0.29, 0.717) is 5.56 Å². The molecular formula is C13H11BF3O2-. The van der Waals surface area contributed by atoms with Crippen molar-refractivity contribution in [2.45, 2.75) is 6.61 Å². The summed E-state index contributed by atoms with van der Waals surface area (Å²) in [6.45, 7) is -5.07. The molecular weight excluding hydrogens is 256 g/mol. The second-order valence-electron chi connectivity index (χ2n) is 4.07. The van der Waals surface area contributed by atoms with Crippen LogP contribution in [0.5, 0.6) is 11.5 Å². The van der Waals surface area contributed by atoms with Gasteiger partial charge >= 0.3 is 6.98 Å². The predicted molar refractivity (Wildman–Crippen MR) is 67.6 cm³/mol. The lowest BCUT2D eigenvalue weighted by molar-refractivity contribution is 0.307. The van der Waals surface area contributed by atoms with Gasteiger partial charge in [0.2, 0.25) is 0 Å². The van der Waals surface area contributed by atoms with E-state index in [0.717, 1.165) is 6.07 Å². The predicted octanol–water partition coefficient (Wildman–Crippen LogP) is 3.03. The fourth-order valence-electron chi connectivity index (χ4n) is 1.64. The molecule has 0 saturated carbocycles. The third kappa shape index (κ3) is 3.43. The Morgan fingerprint density at radius 1 is 0.947 bits per heavy atom. The van der Waals surface area contributed by atoms with Crippen LogP contribution in [0.25, 0.3) is 0 Å². The zero-order valence-electron chi connectivity index (χ0n) is 9.89. The Kier molecular flexibility index (Phi) is 3.69. The number of para-hydroxylation sites is 1. The summed E-state index contributed by atoms with van der Waals surface area (Å²) < 4.78 is 43.5. The van der Waals surface area contributed by atoms with Crippen molar-refractivity contribution in [3.05, 3.63) is 54.1 Å². The lowest BCUT2D eigenvalue weighted by atomic mass is 9.79. The summed E-state index contributed by atoms with van der Waals surface area (Å²) >= 11 is 0. The van der Waals surface area contributed by atoms with E-state index >= 15 is 0 Å². The van der Waals surface area contributed by atoms with Gasteiger partial charge in [-0.15, -0.1) is 0 Å². The summed E-state index contributed by atoms with van der Waals surface area (Å²) in [5.74, 6) is -0.0779. The van der Waals surface area contributed by atoms with Crippen molar-refractivity contribution < 1.29 is 22.8 Å². The Morgan fingerprint density at radius 2 is 1.58 bits per heavy atom. The second kappa shape index (κ2) is 5.26. The number of phenols is 1. The quantitative estimate of drug-likeness (QED) is 0.863. The fourth-order valence-corrected chi connectivity index (χ4v) is 1.64. The van der Waals surface area contributed by atoms with Gasteiger partial charge in [0, 0.05) is 0 Å². The van der Waals surface area contributed by atoms with Crippen LogP contribution in [0.1, 0.15) is 5.56 Å². The zero-order chi connectivity index (χ0) is 13.9. The molecule has 0 radical (unpaired) electrons. The molecule has 1 N–H and O–H groups in total. The van der Waals surface area contributed by atoms with Gasteiger partial charge in [0.05, 0.1) is 5.75 Å². The lowest BCUT2D eigenvalue weighted by Gasteiger charge is -2.19. The molecule has 2 nitrogen and oxygen atoms in total. The van der Waals surface area contributed by atoms with Crippen LogP contribution >= 0.6 is 0 Å². The lowest BCUT2D eigenvalue weighted by Crippen LogP contribution is -2.35. The SMILES string of the molecule is Oc1ccc(COc2ccccc2[B-](F)(F)F)cc1. The number of benzene rings is 2. The Hall–Kier alpha value is -2.11. The fraction of sp³-hybridized carbons (Fsp3) is 0.0769. The smallest absolute Gasteiger partial charge is 0.508 e. The van der Waals surface area contributed by atoms with Gasteiger partial charge in [-0.25, -0.2) is 0 Å². The molecule has 0 aliphatic heterocycles. The maximum Gasteiger partial charge on any atom is 0.513 e. The van der Waals surface area contributed by atoms with Gasteiger partial charge in [-0.1, -0.05) is 35.8 Å². The van der Waals surface area contributed by atoms with Gasteiger partial charge in [-0.3, -0.25) is 0 Å². The number of halogens is 3. The first kappa shape index (κ1) is 13.3. The molecule has 19 heavy (non-hydrogen) atoms. The van der Waals surface area contributed by atoms with Gasteiger partial charge in [0.1, 0.15) is 12.4 Å². The Morgan fingerprint density at radius 3 is 2.21 bits per heavy atom. The molecule has 6 heteroatoms. The van der Waals surface area contributed by atoms with Gasteiger partial charge in [0.15, 0.2) is 0 Å². The van der Waals surface area contributed by atoms with E-state index in [-0.39, 0.29) is 18.1 Å². The number of ether oxygens (including phenoxy) is 1. The zero-order valence-corrected chi connectivity index (χ0v) is 9.89. The van der Waals surface area contributed by atoms with Crippen LogP contribution in [0.4, 0.5) is 12.9 Å². The number of phenolic OH excluding ortho intramolecular Hbond substituents is 1. The highest BCUT2D eigenvalue weighted by Gasteiger charge is 2.28. The van der Waals surface area contributed by atoms with E-state index in [1.165, 1.54) is 30.3 Å².